The molecule has 0 radical (unpaired) electrons. The molecule has 22 heavy (non-hydrogen) atoms. The molecule has 0 spiro atoms. The summed E-state index contributed by atoms with van der Waals surface area (Å²) in [6.45, 7) is 2.02. The second kappa shape index (κ2) is 7.77. The van der Waals surface area contributed by atoms with Gasteiger partial charge in [-0.1, -0.05) is 0 Å². The zero-order valence-electron chi connectivity index (χ0n) is 12.8. The van der Waals surface area contributed by atoms with Gasteiger partial charge in [0.15, 0.2) is 0 Å². The zero-order valence-corrected chi connectivity index (χ0v) is 12.8. The number of hydrogen-bond acceptors (Lipinski definition) is 3. The molecule has 1 unspecified atom stereocenters. The molecular formula is C16H22FN3O2. The van der Waals surface area contributed by atoms with Crippen molar-refractivity contribution in [1.82, 2.24) is 10.2 Å². The van der Waals surface area contributed by atoms with Crippen LogP contribution in [-0.2, 0) is 4.79 Å². The first-order valence-corrected chi connectivity index (χ1v) is 7.58. The molecule has 5 nitrogen and oxygen atoms in total. The van der Waals surface area contributed by atoms with Crippen LogP contribution in [0.25, 0.3) is 0 Å². The van der Waals surface area contributed by atoms with Gasteiger partial charge in [0.2, 0.25) is 0 Å². The number of carbonyl (C=O) groups is 2. The fraction of sp³-hybridized carbons (Fsp3) is 0.500. The Morgan fingerprint density at radius 1 is 1.36 bits per heavy atom. The number of unbranched alkanes of at least 4 members (excludes halogenated alkanes) is 1. The average Bonchev–Trinajstić information content (AvgIpc) is 2.55. The van der Waals surface area contributed by atoms with Crippen LogP contribution in [0.3, 0.4) is 0 Å². The van der Waals surface area contributed by atoms with Crippen LogP contribution in [0.2, 0.25) is 0 Å². The molecule has 1 fully saturated rings. The largest absolute Gasteiger partial charge is 0.368 e. The van der Waals surface area contributed by atoms with Gasteiger partial charge in [-0.15, -0.1) is 0 Å². The number of urea groups is 1. The van der Waals surface area contributed by atoms with E-state index in [9.17, 15) is 14.0 Å². The second-order valence-corrected chi connectivity index (χ2v) is 5.42. The number of carbonyl (C=O) groups excluding carboxylic acids is 2. The molecule has 1 atom stereocenters. The van der Waals surface area contributed by atoms with Crippen molar-refractivity contribution in [3.8, 4) is 0 Å². The minimum Gasteiger partial charge on any atom is -0.368 e. The van der Waals surface area contributed by atoms with E-state index in [1.54, 1.807) is 19.2 Å². The van der Waals surface area contributed by atoms with Gasteiger partial charge >= 0.3 is 6.03 Å². The lowest BCUT2D eigenvalue weighted by Gasteiger charge is -2.42. The third-order valence-electron chi connectivity index (χ3n) is 4.01. The van der Waals surface area contributed by atoms with Crippen molar-refractivity contribution in [3.63, 3.8) is 0 Å². The number of amides is 2. The molecule has 0 saturated carbocycles. The average molecular weight is 307 g/mol. The molecule has 2 amide bonds. The fourth-order valence-electron chi connectivity index (χ4n) is 2.84. The quantitative estimate of drug-likeness (QED) is 0.669. The van der Waals surface area contributed by atoms with E-state index in [0.29, 0.717) is 26.1 Å². The van der Waals surface area contributed by atoms with Gasteiger partial charge in [-0.25, -0.2) is 9.18 Å². The minimum absolute atomic E-state index is 0.0544. The number of rotatable bonds is 5. The van der Waals surface area contributed by atoms with Crippen molar-refractivity contribution in [2.75, 3.05) is 31.6 Å². The van der Waals surface area contributed by atoms with Gasteiger partial charge in [-0.2, -0.15) is 0 Å². The summed E-state index contributed by atoms with van der Waals surface area (Å²) >= 11 is 0. The number of piperazine rings is 1. The number of halogens is 1. The van der Waals surface area contributed by atoms with E-state index in [0.717, 1.165) is 24.8 Å². The molecule has 1 aromatic rings. The predicted molar refractivity (Wildman–Crippen MR) is 83.5 cm³/mol. The van der Waals surface area contributed by atoms with E-state index in [4.69, 9.17) is 0 Å². The number of hydrogen-bond donors (Lipinski definition) is 1. The van der Waals surface area contributed by atoms with Crippen LogP contribution in [0.5, 0.6) is 0 Å². The SMILES string of the molecule is CNC(=O)N1CCN(c2ccc(F)cc2)CC1CCCC=O. The van der Waals surface area contributed by atoms with Crippen molar-refractivity contribution in [2.24, 2.45) is 0 Å². The summed E-state index contributed by atoms with van der Waals surface area (Å²) in [4.78, 5) is 26.5. The monoisotopic (exact) mass is 307 g/mol. The Morgan fingerprint density at radius 2 is 2.09 bits per heavy atom. The number of anilines is 1. The summed E-state index contributed by atoms with van der Waals surface area (Å²) in [6, 6.07) is 6.37. The number of aldehydes is 1. The molecule has 1 aromatic carbocycles. The highest BCUT2D eigenvalue weighted by Crippen LogP contribution is 2.22. The minimum atomic E-state index is -0.254. The summed E-state index contributed by atoms with van der Waals surface area (Å²) in [6.07, 6.45) is 2.96. The Bertz CT molecular complexity index is 507. The van der Waals surface area contributed by atoms with Crippen molar-refractivity contribution >= 4 is 18.0 Å². The first kappa shape index (κ1) is 16.3. The Kier molecular flexibility index (Phi) is 5.75. The highest BCUT2D eigenvalue weighted by molar-refractivity contribution is 5.74. The van der Waals surface area contributed by atoms with Crippen LogP contribution in [0.15, 0.2) is 24.3 Å². The summed E-state index contributed by atoms with van der Waals surface area (Å²) in [5.74, 6) is -0.254. The summed E-state index contributed by atoms with van der Waals surface area (Å²) in [7, 11) is 1.62. The van der Waals surface area contributed by atoms with Crippen molar-refractivity contribution in [1.29, 1.82) is 0 Å². The van der Waals surface area contributed by atoms with Crippen LogP contribution in [0.1, 0.15) is 19.3 Å². The molecule has 1 aliphatic rings. The number of nitrogens with zero attached hydrogens (tertiary/aromatic N) is 2. The topological polar surface area (TPSA) is 52.7 Å². The van der Waals surface area contributed by atoms with Crippen LogP contribution in [0, 0.1) is 5.82 Å². The van der Waals surface area contributed by atoms with Gasteiger partial charge in [0.1, 0.15) is 12.1 Å². The summed E-state index contributed by atoms with van der Waals surface area (Å²) in [5.41, 5.74) is 0.957. The second-order valence-electron chi connectivity index (χ2n) is 5.42. The van der Waals surface area contributed by atoms with E-state index < -0.39 is 0 Å². The maximum atomic E-state index is 13.0. The lowest BCUT2D eigenvalue weighted by atomic mass is 10.0. The third kappa shape index (κ3) is 3.96. The molecule has 2 rings (SSSR count). The number of nitrogens with one attached hydrogen (secondary N) is 1. The van der Waals surface area contributed by atoms with Gasteiger partial charge in [-0.3, -0.25) is 0 Å². The standard InChI is InChI=1S/C16H22FN3O2/c1-18-16(22)20-10-9-19(12-15(20)4-2-3-11-21)14-7-5-13(17)6-8-14/h5-8,11,15H,2-4,9-10,12H2,1H3,(H,18,22). The Morgan fingerprint density at radius 3 is 2.73 bits per heavy atom. The number of benzene rings is 1. The van der Waals surface area contributed by atoms with Crippen LogP contribution in [0.4, 0.5) is 14.9 Å². The predicted octanol–water partition coefficient (Wildman–Crippen LogP) is 2.02. The maximum absolute atomic E-state index is 13.0. The molecule has 0 bridgehead atoms. The van der Waals surface area contributed by atoms with E-state index >= 15 is 0 Å². The van der Waals surface area contributed by atoms with Gasteiger partial charge in [-0.05, 0) is 37.1 Å². The maximum Gasteiger partial charge on any atom is 0.317 e. The zero-order chi connectivity index (χ0) is 15.9. The Labute approximate surface area is 130 Å². The Hall–Kier alpha value is -2.11. The molecule has 1 aliphatic heterocycles. The van der Waals surface area contributed by atoms with Gasteiger partial charge in [0.25, 0.3) is 0 Å². The summed E-state index contributed by atoms with van der Waals surface area (Å²) < 4.78 is 13.0. The highest BCUT2D eigenvalue weighted by Gasteiger charge is 2.29. The molecule has 6 heteroatoms. The van der Waals surface area contributed by atoms with Crippen molar-refractivity contribution in [3.05, 3.63) is 30.1 Å². The smallest absolute Gasteiger partial charge is 0.317 e. The normalized spacial score (nSPS) is 18.2. The lowest BCUT2D eigenvalue weighted by molar-refractivity contribution is -0.108. The molecule has 1 heterocycles. The van der Waals surface area contributed by atoms with Crippen molar-refractivity contribution in [2.45, 2.75) is 25.3 Å². The van der Waals surface area contributed by atoms with Crippen LogP contribution in [-0.4, -0.2) is 49.9 Å². The Balaban J connectivity index is 2.06. The van der Waals surface area contributed by atoms with E-state index in [2.05, 4.69) is 10.2 Å². The van der Waals surface area contributed by atoms with E-state index in [-0.39, 0.29) is 17.9 Å². The van der Waals surface area contributed by atoms with Crippen molar-refractivity contribution < 1.29 is 14.0 Å². The molecule has 120 valence electrons. The molecule has 0 aromatic heterocycles. The van der Waals surface area contributed by atoms with Gasteiger partial charge < -0.3 is 19.9 Å². The van der Waals surface area contributed by atoms with Crippen LogP contribution >= 0.6 is 0 Å². The fourth-order valence-corrected chi connectivity index (χ4v) is 2.84. The van der Waals surface area contributed by atoms with Gasteiger partial charge in [0, 0.05) is 38.8 Å². The first-order chi connectivity index (χ1) is 10.7. The molecular weight excluding hydrogens is 285 g/mol. The summed E-state index contributed by atoms with van der Waals surface area (Å²) in [5, 5.41) is 2.67. The van der Waals surface area contributed by atoms with Crippen LogP contribution < -0.4 is 10.2 Å². The molecule has 1 saturated heterocycles. The highest BCUT2D eigenvalue weighted by atomic mass is 19.1. The first-order valence-electron chi connectivity index (χ1n) is 7.58. The third-order valence-corrected chi connectivity index (χ3v) is 4.01. The molecule has 1 N–H and O–H groups in total. The lowest BCUT2D eigenvalue weighted by Crippen LogP contribution is -2.57. The van der Waals surface area contributed by atoms with E-state index in [1.807, 2.05) is 4.90 Å². The van der Waals surface area contributed by atoms with E-state index in [1.165, 1.54) is 12.1 Å². The van der Waals surface area contributed by atoms with Gasteiger partial charge in [0.05, 0.1) is 6.04 Å². The molecule has 0 aliphatic carbocycles.